The molecule has 0 radical (unpaired) electrons. The van der Waals surface area contributed by atoms with Gasteiger partial charge in [0.2, 0.25) is 0 Å². The van der Waals surface area contributed by atoms with Crippen molar-refractivity contribution in [3.05, 3.63) is 85.9 Å². The summed E-state index contributed by atoms with van der Waals surface area (Å²) in [6.45, 7) is 1.76. The first-order valence-corrected chi connectivity index (χ1v) is 10.1. The molecule has 1 aliphatic rings. The van der Waals surface area contributed by atoms with Gasteiger partial charge in [-0.3, -0.25) is 4.79 Å². The van der Waals surface area contributed by atoms with E-state index in [9.17, 15) is 14.7 Å². The highest BCUT2D eigenvalue weighted by atomic mass is 35.5. The van der Waals surface area contributed by atoms with Crippen LogP contribution < -0.4 is 0 Å². The molecule has 0 atom stereocenters. The zero-order valence-corrected chi connectivity index (χ0v) is 17.5. The fraction of sp³-hybridized carbons (Fsp3) is 0.0952. The second-order valence-electron chi connectivity index (χ2n) is 5.81. The molecule has 1 aliphatic heterocycles. The minimum absolute atomic E-state index is 0.0473. The molecular weight excluding hydrogens is 433 g/mol. The molecule has 1 amide bonds. The molecule has 0 fully saturated rings. The van der Waals surface area contributed by atoms with Crippen molar-refractivity contribution < 1.29 is 19.4 Å². The number of aliphatic hydroxyl groups is 1. The summed E-state index contributed by atoms with van der Waals surface area (Å²) < 4.78 is 5.02. The number of hydrogen-bond acceptors (Lipinski definition) is 5. The minimum Gasteiger partial charge on any atom is -0.506 e. The van der Waals surface area contributed by atoms with Crippen LogP contribution in [0.1, 0.15) is 22.8 Å². The number of hydrogen-bond donors (Lipinski definition) is 1. The fourth-order valence-electron chi connectivity index (χ4n) is 2.49. The number of carbonyl (C=O) groups is 2. The molecule has 0 saturated carbocycles. The van der Waals surface area contributed by atoms with Crippen LogP contribution >= 0.6 is 35.0 Å². The third kappa shape index (κ3) is 4.90. The molecule has 3 rings (SSSR count). The van der Waals surface area contributed by atoms with Crippen LogP contribution in [0.15, 0.2) is 69.8 Å². The quantitative estimate of drug-likeness (QED) is 0.608. The zero-order valence-electron chi connectivity index (χ0n) is 15.2. The number of esters is 1. The van der Waals surface area contributed by atoms with Gasteiger partial charge in [-0.15, -0.1) is 0 Å². The van der Waals surface area contributed by atoms with Crippen LogP contribution in [0.2, 0.25) is 10.0 Å². The summed E-state index contributed by atoms with van der Waals surface area (Å²) in [6, 6.07) is 13.4. The Hall–Kier alpha value is -2.54. The molecule has 2 aromatic rings. The first-order valence-electron chi connectivity index (χ1n) is 8.54. The van der Waals surface area contributed by atoms with E-state index in [1.54, 1.807) is 55.5 Å². The maximum atomic E-state index is 12.6. The van der Waals surface area contributed by atoms with Crippen molar-refractivity contribution in [3.8, 4) is 0 Å². The van der Waals surface area contributed by atoms with Crippen molar-refractivity contribution in [1.82, 2.24) is 0 Å². The molecule has 0 aromatic heterocycles. The summed E-state index contributed by atoms with van der Waals surface area (Å²) in [5.41, 5.74) is 0.794. The lowest BCUT2D eigenvalue weighted by molar-refractivity contribution is -0.138. The molecule has 29 heavy (non-hydrogen) atoms. The van der Waals surface area contributed by atoms with E-state index in [0.29, 0.717) is 9.93 Å². The maximum Gasteiger partial charge on any atom is 0.344 e. The highest BCUT2D eigenvalue weighted by molar-refractivity contribution is 8.18. The van der Waals surface area contributed by atoms with Gasteiger partial charge in [0.1, 0.15) is 16.4 Å². The van der Waals surface area contributed by atoms with Crippen molar-refractivity contribution in [1.29, 1.82) is 0 Å². The van der Waals surface area contributed by atoms with Gasteiger partial charge >= 0.3 is 5.97 Å². The van der Waals surface area contributed by atoms with E-state index < -0.39 is 11.9 Å². The average molecular weight is 448 g/mol. The number of ether oxygens (including phenoxy) is 1. The Labute approximate surface area is 181 Å². The molecule has 0 spiro atoms. The second-order valence-corrected chi connectivity index (χ2v) is 7.68. The van der Waals surface area contributed by atoms with E-state index in [-0.39, 0.29) is 33.6 Å². The number of halogens is 2. The summed E-state index contributed by atoms with van der Waals surface area (Å²) in [7, 11) is 0. The smallest absolute Gasteiger partial charge is 0.344 e. The number of rotatable bonds is 4. The van der Waals surface area contributed by atoms with Crippen LogP contribution in [-0.2, 0) is 9.53 Å². The Bertz CT molecular complexity index is 1060. The van der Waals surface area contributed by atoms with Crippen molar-refractivity contribution >= 4 is 58.0 Å². The Kier molecular flexibility index (Phi) is 6.79. The van der Waals surface area contributed by atoms with Crippen LogP contribution in [0.25, 0.3) is 6.08 Å². The monoisotopic (exact) mass is 447 g/mol. The first-order chi connectivity index (χ1) is 13.9. The first kappa shape index (κ1) is 21.2. The topological polar surface area (TPSA) is 76.0 Å². The standard InChI is InChI=1S/C21H15Cl2NO4S/c1-2-28-21(27)17-18(25)16(11-12-7-9-13(22)10-8-12)29-20(17)24-19(26)14-5-3-4-6-15(14)23/h3-11,25H,2H2,1H3/b16-11-,24-20?. The summed E-state index contributed by atoms with van der Waals surface area (Å²) >= 11 is 13.0. The van der Waals surface area contributed by atoms with E-state index in [1.165, 1.54) is 6.07 Å². The Morgan fingerprint density at radius 1 is 1.14 bits per heavy atom. The Morgan fingerprint density at radius 3 is 2.48 bits per heavy atom. The molecule has 0 bridgehead atoms. The molecule has 148 valence electrons. The zero-order chi connectivity index (χ0) is 21.0. The summed E-state index contributed by atoms with van der Waals surface area (Å²) in [5.74, 6) is -1.68. The van der Waals surface area contributed by atoms with Crippen LogP contribution in [-0.4, -0.2) is 28.6 Å². The average Bonchev–Trinajstić information content (AvgIpc) is 2.99. The van der Waals surface area contributed by atoms with E-state index in [0.717, 1.165) is 17.3 Å². The van der Waals surface area contributed by atoms with Crippen LogP contribution in [0.3, 0.4) is 0 Å². The lowest BCUT2D eigenvalue weighted by Gasteiger charge is -2.04. The van der Waals surface area contributed by atoms with Crippen LogP contribution in [0.5, 0.6) is 0 Å². The SMILES string of the molecule is CCOC(=O)C1=C(O)/C(=C/c2ccc(Cl)cc2)SC1=NC(=O)c1ccccc1Cl. The lowest BCUT2D eigenvalue weighted by Crippen LogP contribution is -2.14. The van der Waals surface area contributed by atoms with Crippen molar-refractivity contribution in [2.45, 2.75) is 6.92 Å². The third-order valence-corrected chi connectivity index (χ3v) is 5.45. The van der Waals surface area contributed by atoms with Crippen molar-refractivity contribution in [3.63, 3.8) is 0 Å². The lowest BCUT2D eigenvalue weighted by atomic mass is 10.1. The van der Waals surface area contributed by atoms with Gasteiger partial charge in [-0.25, -0.2) is 9.79 Å². The van der Waals surface area contributed by atoms with E-state index in [2.05, 4.69) is 4.99 Å². The Morgan fingerprint density at radius 2 is 1.83 bits per heavy atom. The van der Waals surface area contributed by atoms with Gasteiger partial charge in [0.05, 0.1) is 22.1 Å². The normalized spacial score (nSPS) is 16.5. The molecule has 2 aromatic carbocycles. The fourth-order valence-corrected chi connectivity index (χ4v) is 3.84. The van der Waals surface area contributed by atoms with Crippen molar-refractivity contribution in [2.24, 2.45) is 4.99 Å². The van der Waals surface area contributed by atoms with Gasteiger partial charge in [0.25, 0.3) is 5.91 Å². The minimum atomic E-state index is -0.761. The summed E-state index contributed by atoms with van der Waals surface area (Å²) in [4.78, 5) is 29.3. The van der Waals surface area contributed by atoms with Gasteiger partial charge in [0.15, 0.2) is 0 Å². The molecule has 5 nitrogen and oxygen atoms in total. The summed E-state index contributed by atoms with van der Waals surface area (Å²) in [5, 5.41) is 11.5. The maximum absolute atomic E-state index is 12.6. The largest absolute Gasteiger partial charge is 0.506 e. The number of nitrogens with zero attached hydrogens (tertiary/aromatic N) is 1. The van der Waals surface area contributed by atoms with Gasteiger partial charge in [-0.05, 0) is 42.8 Å². The number of carbonyl (C=O) groups excluding carboxylic acids is 2. The number of benzene rings is 2. The molecule has 1 N–H and O–H groups in total. The molecule has 8 heteroatoms. The highest BCUT2D eigenvalue weighted by Crippen LogP contribution is 2.39. The second kappa shape index (κ2) is 9.31. The van der Waals surface area contributed by atoms with E-state index >= 15 is 0 Å². The molecule has 1 heterocycles. The Balaban J connectivity index is 2.02. The number of thioether (sulfide) groups is 1. The highest BCUT2D eigenvalue weighted by Gasteiger charge is 2.34. The van der Waals surface area contributed by atoms with Gasteiger partial charge in [0, 0.05) is 5.02 Å². The molecular formula is C21H15Cl2NO4S. The predicted octanol–water partition coefficient (Wildman–Crippen LogP) is 5.70. The number of amides is 1. The predicted molar refractivity (Wildman–Crippen MR) is 117 cm³/mol. The van der Waals surface area contributed by atoms with E-state index in [4.69, 9.17) is 27.9 Å². The number of aliphatic imine (C=N–C) groups is 1. The van der Waals surface area contributed by atoms with Gasteiger partial charge in [-0.2, -0.15) is 0 Å². The van der Waals surface area contributed by atoms with E-state index in [1.807, 2.05) is 0 Å². The van der Waals surface area contributed by atoms with Gasteiger partial charge in [-0.1, -0.05) is 59.2 Å². The molecule has 0 unspecified atom stereocenters. The van der Waals surface area contributed by atoms with Crippen LogP contribution in [0, 0.1) is 0 Å². The van der Waals surface area contributed by atoms with Crippen molar-refractivity contribution in [2.75, 3.05) is 6.61 Å². The molecule has 0 aliphatic carbocycles. The summed E-state index contributed by atoms with van der Waals surface area (Å²) in [6.07, 6.45) is 1.66. The number of aliphatic hydroxyl groups excluding tert-OH is 1. The molecule has 0 saturated heterocycles. The third-order valence-electron chi connectivity index (χ3n) is 3.85. The van der Waals surface area contributed by atoms with Gasteiger partial charge < -0.3 is 9.84 Å². The van der Waals surface area contributed by atoms with Crippen LogP contribution in [0.4, 0.5) is 0 Å².